The van der Waals surface area contributed by atoms with Crippen molar-refractivity contribution >= 4 is 38.1 Å². The van der Waals surface area contributed by atoms with E-state index in [-0.39, 0.29) is 23.1 Å². The van der Waals surface area contributed by atoms with Gasteiger partial charge in [0.2, 0.25) is 11.8 Å². The highest BCUT2D eigenvalue weighted by atomic mass is 32.2. The van der Waals surface area contributed by atoms with E-state index in [1.807, 2.05) is 77.7 Å². The highest BCUT2D eigenvalue weighted by molar-refractivity contribution is 7.90. The van der Waals surface area contributed by atoms with Crippen LogP contribution in [0, 0.1) is 5.82 Å². The summed E-state index contributed by atoms with van der Waals surface area (Å²) in [5, 5.41) is 5.07. The molecule has 1 N–H and O–H groups in total. The number of sulfone groups is 1. The van der Waals surface area contributed by atoms with Gasteiger partial charge in [-0.3, -0.25) is 9.59 Å². The Hall–Kier alpha value is -4.24. The van der Waals surface area contributed by atoms with E-state index < -0.39 is 21.7 Å². The number of fused-ring (bicyclic) bond motifs is 1. The third-order valence-corrected chi connectivity index (χ3v) is 8.24. The van der Waals surface area contributed by atoms with Gasteiger partial charge in [-0.25, -0.2) is 12.8 Å². The molecule has 1 aliphatic heterocycles. The first-order valence-corrected chi connectivity index (χ1v) is 14.9. The molecular weight excluding hydrogens is 529 g/mol. The molecule has 4 aromatic carbocycles. The Labute approximate surface area is 233 Å². The maximum absolute atomic E-state index is 13.8. The largest absolute Gasteiger partial charge is 0.367 e. The number of carbonyl (C=O) groups is 2. The van der Waals surface area contributed by atoms with Crippen LogP contribution in [0.5, 0.6) is 0 Å². The van der Waals surface area contributed by atoms with Crippen molar-refractivity contribution in [2.75, 3.05) is 37.3 Å². The molecule has 40 heavy (non-hydrogen) atoms. The minimum atomic E-state index is -3.65. The average Bonchev–Trinajstić information content (AvgIpc) is 2.95. The van der Waals surface area contributed by atoms with Crippen molar-refractivity contribution in [2.45, 2.75) is 17.4 Å². The van der Waals surface area contributed by atoms with Crippen molar-refractivity contribution in [3.05, 3.63) is 108 Å². The van der Waals surface area contributed by atoms with Crippen LogP contribution in [-0.4, -0.2) is 57.6 Å². The van der Waals surface area contributed by atoms with Crippen LogP contribution in [0.15, 0.2) is 95.9 Å². The second-order valence-electron chi connectivity index (χ2n) is 9.97. The quantitative estimate of drug-likeness (QED) is 0.368. The Bertz CT molecular complexity index is 1650. The Kier molecular flexibility index (Phi) is 7.84. The van der Waals surface area contributed by atoms with Gasteiger partial charge in [0.05, 0.1) is 17.0 Å². The molecule has 2 amide bonds. The van der Waals surface area contributed by atoms with Gasteiger partial charge in [-0.15, -0.1) is 0 Å². The molecule has 1 aliphatic rings. The van der Waals surface area contributed by atoms with Gasteiger partial charge >= 0.3 is 0 Å². The summed E-state index contributed by atoms with van der Waals surface area (Å²) >= 11 is 0. The van der Waals surface area contributed by atoms with Gasteiger partial charge in [0.25, 0.3) is 0 Å². The standard InChI is InChI=1S/C31H30FN3O4S/c1-40(38,39)28-21-26(32)13-14-27(28)34-15-17-35(18-16-34)31(37)30(24-8-3-2-4-9-24)33-29(36)20-22-11-12-23-7-5-6-10-25(23)19-22/h2-14,19,21,30H,15-18,20H2,1H3,(H,33,36). The highest BCUT2D eigenvalue weighted by Gasteiger charge is 2.31. The van der Waals surface area contributed by atoms with Gasteiger partial charge in [0, 0.05) is 32.4 Å². The fourth-order valence-electron chi connectivity index (χ4n) is 5.08. The van der Waals surface area contributed by atoms with E-state index >= 15 is 0 Å². The molecule has 0 saturated carbocycles. The molecule has 0 aromatic heterocycles. The van der Waals surface area contributed by atoms with Gasteiger partial charge in [-0.2, -0.15) is 0 Å². The summed E-state index contributed by atoms with van der Waals surface area (Å²) in [6.45, 7) is 1.38. The summed E-state index contributed by atoms with van der Waals surface area (Å²) in [7, 11) is -3.65. The molecule has 1 saturated heterocycles. The number of piperazine rings is 1. The number of halogens is 1. The maximum atomic E-state index is 13.8. The van der Waals surface area contributed by atoms with Crippen LogP contribution in [0.1, 0.15) is 17.2 Å². The van der Waals surface area contributed by atoms with Crippen LogP contribution >= 0.6 is 0 Å². The van der Waals surface area contributed by atoms with E-state index in [2.05, 4.69) is 5.32 Å². The van der Waals surface area contributed by atoms with Crippen LogP contribution in [-0.2, 0) is 25.8 Å². The SMILES string of the molecule is CS(=O)(=O)c1cc(F)ccc1N1CCN(C(=O)C(NC(=O)Cc2ccc3ccccc3c2)c2ccccc2)CC1. The number of anilines is 1. The molecule has 7 nitrogen and oxygen atoms in total. The van der Waals surface area contributed by atoms with Crippen LogP contribution < -0.4 is 10.2 Å². The summed E-state index contributed by atoms with van der Waals surface area (Å²) < 4.78 is 38.3. The van der Waals surface area contributed by atoms with Crippen LogP contribution in [0.4, 0.5) is 10.1 Å². The molecule has 1 heterocycles. The van der Waals surface area contributed by atoms with E-state index in [1.165, 1.54) is 12.1 Å². The average molecular weight is 560 g/mol. The van der Waals surface area contributed by atoms with Crippen molar-refractivity contribution in [3.8, 4) is 0 Å². The predicted molar refractivity (Wildman–Crippen MR) is 153 cm³/mol. The summed E-state index contributed by atoms with van der Waals surface area (Å²) in [5.74, 6) is -1.12. The Morgan fingerprint density at radius 2 is 1.52 bits per heavy atom. The molecule has 9 heteroatoms. The second-order valence-corrected chi connectivity index (χ2v) is 12.0. The molecule has 1 atom stereocenters. The highest BCUT2D eigenvalue weighted by Crippen LogP contribution is 2.28. The Balaban J connectivity index is 1.30. The van der Waals surface area contributed by atoms with Gasteiger partial charge in [0.1, 0.15) is 11.9 Å². The van der Waals surface area contributed by atoms with Crippen molar-refractivity contribution < 1.29 is 22.4 Å². The van der Waals surface area contributed by atoms with E-state index in [0.717, 1.165) is 28.7 Å². The number of benzene rings is 4. The molecule has 1 unspecified atom stereocenters. The zero-order valence-electron chi connectivity index (χ0n) is 22.1. The summed E-state index contributed by atoms with van der Waals surface area (Å²) in [6, 6.07) is 25.8. The normalized spacial score (nSPS) is 14.7. The van der Waals surface area contributed by atoms with Crippen LogP contribution in [0.2, 0.25) is 0 Å². The first kappa shape index (κ1) is 27.3. The third kappa shape index (κ3) is 6.15. The molecule has 1 fully saturated rings. The third-order valence-electron chi connectivity index (χ3n) is 7.12. The van der Waals surface area contributed by atoms with Gasteiger partial charge in [-0.1, -0.05) is 72.8 Å². The fourth-order valence-corrected chi connectivity index (χ4v) is 5.98. The zero-order valence-corrected chi connectivity index (χ0v) is 22.9. The summed E-state index contributed by atoms with van der Waals surface area (Å²) in [4.78, 5) is 30.3. The van der Waals surface area contributed by atoms with Gasteiger partial charge < -0.3 is 15.1 Å². The van der Waals surface area contributed by atoms with Crippen LogP contribution in [0.3, 0.4) is 0 Å². The first-order chi connectivity index (χ1) is 19.2. The van der Waals surface area contributed by atoms with Gasteiger partial charge in [0.15, 0.2) is 9.84 Å². The van der Waals surface area contributed by atoms with Crippen molar-refractivity contribution in [3.63, 3.8) is 0 Å². The zero-order chi connectivity index (χ0) is 28.3. The number of carbonyl (C=O) groups excluding carboxylic acids is 2. The Morgan fingerprint density at radius 3 is 2.23 bits per heavy atom. The minimum absolute atomic E-state index is 0.0737. The topological polar surface area (TPSA) is 86.8 Å². The molecule has 4 aromatic rings. The molecule has 0 aliphatic carbocycles. The second kappa shape index (κ2) is 11.5. The van der Waals surface area contributed by atoms with E-state index in [4.69, 9.17) is 0 Å². The number of rotatable bonds is 7. The molecule has 0 spiro atoms. The number of hydrogen-bond acceptors (Lipinski definition) is 5. The van der Waals surface area contributed by atoms with Crippen LogP contribution in [0.25, 0.3) is 10.8 Å². The molecule has 206 valence electrons. The summed E-state index contributed by atoms with van der Waals surface area (Å²) in [5.41, 5.74) is 1.95. The van der Waals surface area contributed by atoms with Crippen molar-refractivity contribution in [2.24, 2.45) is 0 Å². The number of nitrogens with one attached hydrogen (secondary N) is 1. The molecule has 5 rings (SSSR count). The fraction of sp³-hybridized carbons (Fsp3) is 0.226. The van der Waals surface area contributed by atoms with E-state index in [9.17, 15) is 22.4 Å². The number of hydrogen-bond donors (Lipinski definition) is 1. The maximum Gasteiger partial charge on any atom is 0.249 e. The minimum Gasteiger partial charge on any atom is -0.367 e. The molecular formula is C31H30FN3O4S. The lowest BCUT2D eigenvalue weighted by Crippen LogP contribution is -2.52. The Morgan fingerprint density at radius 1 is 0.850 bits per heavy atom. The van der Waals surface area contributed by atoms with E-state index in [1.54, 1.807) is 4.90 Å². The van der Waals surface area contributed by atoms with Crippen molar-refractivity contribution in [1.29, 1.82) is 0 Å². The lowest BCUT2D eigenvalue weighted by atomic mass is 10.0. The summed E-state index contributed by atoms with van der Waals surface area (Å²) in [6.07, 6.45) is 1.18. The van der Waals surface area contributed by atoms with Gasteiger partial charge in [-0.05, 0) is 40.1 Å². The number of nitrogens with zero attached hydrogens (tertiary/aromatic N) is 2. The molecule has 0 bridgehead atoms. The molecule has 0 radical (unpaired) electrons. The van der Waals surface area contributed by atoms with E-state index in [0.29, 0.717) is 37.4 Å². The van der Waals surface area contributed by atoms with Crippen molar-refractivity contribution in [1.82, 2.24) is 10.2 Å². The monoisotopic (exact) mass is 559 g/mol. The smallest absolute Gasteiger partial charge is 0.249 e. The lowest BCUT2D eigenvalue weighted by molar-refractivity contribution is -0.136. The first-order valence-electron chi connectivity index (χ1n) is 13.0. The lowest BCUT2D eigenvalue weighted by Gasteiger charge is -2.38. The number of amides is 2. The predicted octanol–water partition coefficient (Wildman–Crippen LogP) is 4.13.